The highest BCUT2D eigenvalue weighted by molar-refractivity contribution is 6.03. The first-order valence-electron chi connectivity index (χ1n) is 6.80. The number of nitrogens with one attached hydrogen (secondary N) is 1. The predicted molar refractivity (Wildman–Crippen MR) is 79.5 cm³/mol. The second-order valence-corrected chi connectivity index (χ2v) is 5.06. The number of nitrogens with zero attached hydrogens (tertiary/aromatic N) is 4. The second kappa shape index (κ2) is 5.80. The van der Waals surface area contributed by atoms with E-state index in [1.54, 1.807) is 24.0 Å². The quantitative estimate of drug-likeness (QED) is 0.797. The van der Waals surface area contributed by atoms with Crippen LogP contribution in [0, 0.1) is 13.8 Å². The number of anilines is 1. The van der Waals surface area contributed by atoms with Gasteiger partial charge in [-0.3, -0.25) is 9.48 Å². The molecular formula is C15H15N5O2. The minimum Gasteiger partial charge on any atom is -0.318 e. The number of amides is 1. The standard InChI is InChI=1S/C15H15N5O2/c1-10-3-5-12(6-4-10)8-20-9-13(7-16-20)17-15(21)14-11(2)18-22-19-14/h3-7,9H,8H2,1-2H3,(H,17,21). The molecule has 0 unspecified atom stereocenters. The molecule has 3 aromatic rings. The maximum Gasteiger partial charge on any atom is 0.279 e. The number of carbonyl (C=O) groups excluding carboxylic acids is 1. The van der Waals surface area contributed by atoms with E-state index < -0.39 is 0 Å². The molecule has 1 N–H and O–H groups in total. The third-order valence-corrected chi connectivity index (χ3v) is 3.22. The molecule has 0 saturated carbocycles. The van der Waals surface area contributed by atoms with E-state index in [0.717, 1.165) is 5.56 Å². The number of aromatic nitrogens is 4. The minimum atomic E-state index is -0.367. The molecule has 0 spiro atoms. The van der Waals surface area contributed by atoms with E-state index in [9.17, 15) is 4.79 Å². The molecule has 0 atom stereocenters. The highest BCUT2D eigenvalue weighted by Crippen LogP contribution is 2.11. The van der Waals surface area contributed by atoms with Gasteiger partial charge in [-0.05, 0) is 24.6 Å². The Morgan fingerprint density at radius 1 is 1.23 bits per heavy atom. The Hall–Kier alpha value is -2.96. The molecule has 0 bridgehead atoms. The van der Waals surface area contributed by atoms with Crippen LogP contribution in [0.25, 0.3) is 0 Å². The van der Waals surface area contributed by atoms with Crippen molar-refractivity contribution in [2.24, 2.45) is 0 Å². The minimum absolute atomic E-state index is 0.172. The van der Waals surface area contributed by atoms with Crippen LogP contribution in [0.5, 0.6) is 0 Å². The summed E-state index contributed by atoms with van der Waals surface area (Å²) < 4.78 is 6.27. The first-order valence-corrected chi connectivity index (χ1v) is 6.80. The van der Waals surface area contributed by atoms with E-state index in [1.807, 2.05) is 6.92 Å². The topological polar surface area (TPSA) is 85.8 Å². The SMILES string of the molecule is Cc1ccc(Cn2cc(NC(=O)c3nonc3C)cn2)cc1. The number of aryl methyl sites for hydroxylation is 2. The Bertz CT molecular complexity index is 788. The van der Waals surface area contributed by atoms with Crippen molar-refractivity contribution in [2.45, 2.75) is 20.4 Å². The molecule has 0 aliphatic rings. The summed E-state index contributed by atoms with van der Waals surface area (Å²) in [5.74, 6) is -0.367. The first-order chi connectivity index (χ1) is 10.6. The van der Waals surface area contributed by atoms with Crippen molar-refractivity contribution >= 4 is 11.6 Å². The van der Waals surface area contributed by atoms with Gasteiger partial charge in [0.1, 0.15) is 5.69 Å². The van der Waals surface area contributed by atoms with Crippen molar-refractivity contribution in [2.75, 3.05) is 5.32 Å². The van der Waals surface area contributed by atoms with E-state index in [1.165, 1.54) is 5.56 Å². The fourth-order valence-electron chi connectivity index (χ4n) is 2.02. The molecule has 0 radical (unpaired) electrons. The van der Waals surface area contributed by atoms with E-state index >= 15 is 0 Å². The summed E-state index contributed by atoms with van der Waals surface area (Å²) in [6.07, 6.45) is 3.36. The fraction of sp³-hybridized carbons (Fsp3) is 0.200. The van der Waals surface area contributed by atoms with Crippen LogP contribution in [0.3, 0.4) is 0 Å². The summed E-state index contributed by atoms with van der Waals surface area (Å²) >= 11 is 0. The molecule has 7 heteroatoms. The summed E-state index contributed by atoms with van der Waals surface area (Å²) in [4.78, 5) is 12.0. The Morgan fingerprint density at radius 3 is 2.68 bits per heavy atom. The average molecular weight is 297 g/mol. The predicted octanol–water partition coefficient (Wildman–Crippen LogP) is 2.18. The van der Waals surface area contributed by atoms with Crippen LogP contribution in [0.1, 0.15) is 27.3 Å². The van der Waals surface area contributed by atoms with Gasteiger partial charge in [0.15, 0.2) is 5.69 Å². The third kappa shape index (κ3) is 3.03. The molecule has 7 nitrogen and oxygen atoms in total. The van der Waals surface area contributed by atoms with E-state index in [-0.39, 0.29) is 11.6 Å². The largest absolute Gasteiger partial charge is 0.318 e. The Morgan fingerprint density at radius 2 is 2.00 bits per heavy atom. The zero-order chi connectivity index (χ0) is 15.5. The molecule has 112 valence electrons. The molecule has 22 heavy (non-hydrogen) atoms. The lowest BCUT2D eigenvalue weighted by atomic mass is 10.1. The lowest BCUT2D eigenvalue weighted by Crippen LogP contribution is -2.13. The summed E-state index contributed by atoms with van der Waals surface area (Å²) in [6.45, 7) is 4.35. The monoisotopic (exact) mass is 297 g/mol. The fourth-order valence-corrected chi connectivity index (χ4v) is 2.02. The Kier molecular flexibility index (Phi) is 3.69. The molecule has 1 aromatic carbocycles. The molecular weight excluding hydrogens is 282 g/mol. The normalized spacial score (nSPS) is 10.6. The number of hydrogen-bond acceptors (Lipinski definition) is 5. The highest BCUT2D eigenvalue weighted by Gasteiger charge is 2.15. The maximum absolute atomic E-state index is 12.0. The summed E-state index contributed by atoms with van der Waals surface area (Å²) in [7, 11) is 0. The van der Waals surface area contributed by atoms with Gasteiger partial charge >= 0.3 is 0 Å². The average Bonchev–Trinajstić information content (AvgIpc) is 3.10. The van der Waals surface area contributed by atoms with Crippen molar-refractivity contribution in [1.82, 2.24) is 20.1 Å². The van der Waals surface area contributed by atoms with Gasteiger partial charge in [-0.15, -0.1) is 0 Å². The van der Waals surface area contributed by atoms with Gasteiger partial charge in [-0.25, -0.2) is 4.63 Å². The van der Waals surface area contributed by atoms with E-state index in [4.69, 9.17) is 0 Å². The molecule has 0 aliphatic heterocycles. The second-order valence-electron chi connectivity index (χ2n) is 5.06. The number of benzene rings is 1. The van der Waals surface area contributed by atoms with Gasteiger partial charge in [-0.1, -0.05) is 35.0 Å². The highest BCUT2D eigenvalue weighted by atomic mass is 16.6. The van der Waals surface area contributed by atoms with Crippen LogP contribution in [-0.4, -0.2) is 26.0 Å². The van der Waals surface area contributed by atoms with E-state index in [2.05, 4.69) is 49.6 Å². The number of carbonyl (C=O) groups is 1. The third-order valence-electron chi connectivity index (χ3n) is 3.22. The van der Waals surface area contributed by atoms with Crippen molar-refractivity contribution < 1.29 is 9.42 Å². The molecule has 0 aliphatic carbocycles. The molecule has 1 amide bonds. The van der Waals surface area contributed by atoms with Crippen LogP contribution in [-0.2, 0) is 6.54 Å². The summed E-state index contributed by atoms with van der Waals surface area (Å²) in [5.41, 5.74) is 3.58. The zero-order valence-corrected chi connectivity index (χ0v) is 12.3. The Labute approximate surface area is 126 Å². The van der Waals surface area contributed by atoms with Crippen LogP contribution >= 0.6 is 0 Å². The van der Waals surface area contributed by atoms with E-state index in [0.29, 0.717) is 17.9 Å². The van der Waals surface area contributed by atoms with Crippen LogP contribution in [0.4, 0.5) is 5.69 Å². The van der Waals surface area contributed by atoms with Gasteiger partial charge < -0.3 is 5.32 Å². The first kappa shape index (κ1) is 14.0. The van der Waals surface area contributed by atoms with Crippen LogP contribution in [0.15, 0.2) is 41.3 Å². The number of hydrogen-bond donors (Lipinski definition) is 1. The van der Waals surface area contributed by atoms with Crippen molar-refractivity contribution in [3.8, 4) is 0 Å². The van der Waals surface area contributed by atoms with Crippen molar-refractivity contribution in [3.63, 3.8) is 0 Å². The van der Waals surface area contributed by atoms with Gasteiger partial charge in [0, 0.05) is 6.20 Å². The van der Waals surface area contributed by atoms with Crippen LogP contribution in [0.2, 0.25) is 0 Å². The van der Waals surface area contributed by atoms with Gasteiger partial charge in [0.25, 0.3) is 5.91 Å². The molecule has 3 rings (SSSR count). The molecule has 0 fully saturated rings. The van der Waals surface area contributed by atoms with Crippen molar-refractivity contribution in [1.29, 1.82) is 0 Å². The van der Waals surface area contributed by atoms with Gasteiger partial charge in [0.05, 0.1) is 18.4 Å². The smallest absolute Gasteiger partial charge is 0.279 e. The maximum atomic E-state index is 12.0. The zero-order valence-electron chi connectivity index (χ0n) is 12.3. The lowest BCUT2D eigenvalue weighted by Gasteiger charge is -2.02. The number of rotatable bonds is 4. The Balaban J connectivity index is 1.67. The van der Waals surface area contributed by atoms with Gasteiger partial charge in [-0.2, -0.15) is 5.10 Å². The van der Waals surface area contributed by atoms with Crippen molar-refractivity contribution in [3.05, 3.63) is 59.2 Å². The summed E-state index contributed by atoms with van der Waals surface area (Å²) in [5, 5.41) is 14.1. The lowest BCUT2D eigenvalue weighted by molar-refractivity contribution is 0.101. The van der Waals surface area contributed by atoms with Crippen LogP contribution < -0.4 is 5.32 Å². The molecule has 2 aromatic heterocycles. The molecule has 2 heterocycles. The summed E-state index contributed by atoms with van der Waals surface area (Å²) in [6, 6.07) is 8.23. The van der Waals surface area contributed by atoms with Gasteiger partial charge in [0.2, 0.25) is 0 Å². The molecule has 0 saturated heterocycles.